The molecular formula is C26H23Cl2N5O2S2. The highest BCUT2D eigenvalue weighted by atomic mass is 35.5. The average molecular weight is 573 g/mol. The first kappa shape index (κ1) is 25.5. The second kappa shape index (κ2) is 9.98. The van der Waals surface area contributed by atoms with E-state index in [1.807, 2.05) is 71.1 Å². The minimum Gasteiger partial charge on any atom is -0.351 e. The first-order valence-electron chi connectivity index (χ1n) is 11.3. The van der Waals surface area contributed by atoms with Crippen LogP contribution in [0.15, 0.2) is 79.1 Å². The van der Waals surface area contributed by atoms with Gasteiger partial charge in [0, 0.05) is 28.8 Å². The number of hydrogen-bond donors (Lipinski definition) is 2. The number of nitrogens with zero attached hydrogens (tertiary/aromatic N) is 3. The largest absolute Gasteiger partial charge is 0.351 e. The number of pyridine rings is 1. The lowest BCUT2D eigenvalue weighted by molar-refractivity contribution is 0.549. The summed E-state index contributed by atoms with van der Waals surface area (Å²) in [7, 11) is -3.41. The van der Waals surface area contributed by atoms with Crippen LogP contribution in [-0.2, 0) is 10.0 Å². The maximum absolute atomic E-state index is 11.8. The fraction of sp³-hybridized carbons (Fsp3) is 0.154. The van der Waals surface area contributed by atoms with Crippen molar-refractivity contribution >= 4 is 61.9 Å². The van der Waals surface area contributed by atoms with Crippen LogP contribution in [0, 0.1) is 6.92 Å². The summed E-state index contributed by atoms with van der Waals surface area (Å²) in [6.45, 7) is 1.85. The van der Waals surface area contributed by atoms with E-state index in [9.17, 15) is 8.42 Å². The van der Waals surface area contributed by atoms with Gasteiger partial charge in [0.1, 0.15) is 6.04 Å². The molecule has 1 aliphatic heterocycles. The minimum atomic E-state index is -3.41. The van der Waals surface area contributed by atoms with E-state index in [4.69, 9.17) is 35.4 Å². The minimum absolute atomic E-state index is 0.262. The lowest BCUT2D eigenvalue weighted by Crippen LogP contribution is -2.30. The monoisotopic (exact) mass is 571 g/mol. The van der Waals surface area contributed by atoms with Gasteiger partial charge in [0.15, 0.2) is 5.11 Å². The van der Waals surface area contributed by atoms with Gasteiger partial charge in [-0.1, -0.05) is 29.3 Å². The Morgan fingerprint density at radius 2 is 1.86 bits per heavy atom. The molecule has 1 fully saturated rings. The van der Waals surface area contributed by atoms with Crippen molar-refractivity contribution < 1.29 is 8.42 Å². The van der Waals surface area contributed by atoms with Gasteiger partial charge in [0.2, 0.25) is 10.0 Å². The molecule has 5 rings (SSSR count). The van der Waals surface area contributed by atoms with Crippen molar-refractivity contribution in [1.29, 1.82) is 0 Å². The second-order valence-electron chi connectivity index (χ2n) is 8.77. The van der Waals surface area contributed by atoms with Gasteiger partial charge < -0.3 is 14.8 Å². The summed E-state index contributed by atoms with van der Waals surface area (Å²) in [5, 5.41) is 5.05. The third-order valence-electron chi connectivity index (χ3n) is 6.13. The summed E-state index contributed by atoms with van der Waals surface area (Å²) < 4.78 is 28.2. The summed E-state index contributed by atoms with van der Waals surface area (Å²) in [6, 6.07) is 20.1. The van der Waals surface area contributed by atoms with Crippen molar-refractivity contribution in [1.82, 2.24) is 14.9 Å². The summed E-state index contributed by atoms with van der Waals surface area (Å²) in [5.41, 5.74) is 4.64. The second-order valence-corrected chi connectivity index (χ2v) is 11.7. The molecular weight excluding hydrogens is 549 g/mol. The number of hydrogen-bond acceptors (Lipinski definition) is 4. The van der Waals surface area contributed by atoms with Crippen molar-refractivity contribution in [2.45, 2.75) is 19.0 Å². The molecule has 2 aromatic carbocycles. The number of nitrogens with one attached hydrogen (secondary N) is 2. The normalized spacial score (nSPS) is 17.6. The smallest absolute Gasteiger partial charge is 0.229 e. The number of sulfonamides is 1. The Labute approximate surface area is 231 Å². The molecule has 3 heterocycles. The number of anilines is 2. The van der Waals surface area contributed by atoms with E-state index in [0.29, 0.717) is 20.8 Å². The zero-order valence-electron chi connectivity index (χ0n) is 19.9. The molecule has 2 N–H and O–H groups in total. The molecule has 0 saturated carbocycles. The predicted molar refractivity (Wildman–Crippen MR) is 153 cm³/mol. The number of benzene rings is 2. The Morgan fingerprint density at radius 1 is 1.05 bits per heavy atom. The van der Waals surface area contributed by atoms with E-state index in [1.54, 1.807) is 24.4 Å². The third-order valence-corrected chi connectivity index (χ3v) is 7.58. The van der Waals surface area contributed by atoms with Crippen LogP contribution in [0.25, 0.3) is 5.69 Å². The van der Waals surface area contributed by atoms with Gasteiger partial charge in [-0.2, -0.15) is 0 Å². The van der Waals surface area contributed by atoms with E-state index in [-0.39, 0.29) is 12.1 Å². The molecule has 1 saturated heterocycles. The van der Waals surface area contributed by atoms with Crippen LogP contribution in [0.2, 0.25) is 10.0 Å². The van der Waals surface area contributed by atoms with Crippen molar-refractivity contribution in [3.8, 4) is 5.69 Å². The number of aryl methyl sites for hydroxylation is 1. The molecule has 0 aliphatic carbocycles. The molecule has 37 heavy (non-hydrogen) atoms. The Morgan fingerprint density at radius 3 is 2.54 bits per heavy atom. The van der Waals surface area contributed by atoms with E-state index in [1.165, 1.54) is 0 Å². The van der Waals surface area contributed by atoms with Crippen LogP contribution in [0.5, 0.6) is 0 Å². The fourth-order valence-electron chi connectivity index (χ4n) is 4.58. The lowest BCUT2D eigenvalue weighted by atomic mass is 10.0. The molecule has 0 bridgehead atoms. The van der Waals surface area contributed by atoms with Crippen LogP contribution >= 0.6 is 35.4 Å². The Bertz CT molecular complexity index is 1590. The zero-order valence-corrected chi connectivity index (χ0v) is 23.0. The Balaban J connectivity index is 1.65. The predicted octanol–water partition coefficient (Wildman–Crippen LogP) is 6.04. The van der Waals surface area contributed by atoms with Crippen LogP contribution in [0.1, 0.15) is 29.0 Å². The van der Waals surface area contributed by atoms with Gasteiger partial charge >= 0.3 is 0 Å². The topological polar surface area (TPSA) is 79.3 Å². The summed E-state index contributed by atoms with van der Waals surface area (Å²) >= 11 is 18.6. The first-order valence-corrected chi connectivity index (χ1v) is 14.4. The molecule has 11 heteroatoms. The van der Waals surface area contributed by atoms with E-state index >= 15 is 0 Å². The van der Waals surface area contributed by atoms with Gasteiger partial charge in [0.05, 0.1) is 34.4 Å². The van der Waals surface area contributed by atoms with E-state index < -0.39 is 10.0 Å². The van der Waals surface area contributed by atoms with Crippen LogP contribution in [0.3, 0.4) is 0 Å². The number of rotatable bonds is 6. The molecule has 4 aromatic rings. The molecule has 7 nitrogen and oxygen atoms in total. The van der Waals surface area contributed by atoms with E-state index in [2.05, 4.69) is 15.0 Å². The fourth-order valence-corrected chi connectivity index (χ4v) is 6.05. The van der Waals surface area contributed by atoms with Crippen molar-refractivity contribution in [3.05, 3.63) is 106 Å². The SMILES string of the molecule is Cc1cc(N2C(=S)N[C@H](c3ccccn3)[C@@H]2c2cccn2-c2ccc(Cl)cc2Cl)ccc1NS(C)(=O)=O. The Hall–Kier alpha value is -3.11. The molecule has 0 unspecified atom stereocenters. The van der Waals surface area contributed by atoms with Gasteiger partial charge in [-0.05, 0) is 85.4 Å². The third kappa shape index (κ3) is 5.17. The van der Waals surface area contributed by atoms with Crippen molar-refractivity contribution in [3.63, 3.8) is 0 Å². The molecule has 0 spiro atoms. The highest BCUT2D eigenvalue weighted by molar-refractivity contribution is 7.92. The quantitative estimate of drug-likeness (QED) is 0.275. The molecule has 0 radical (unpaired) electrons. The van der Waals surface area contributed by atoms with Gasteiger partial charge in [-0.3, -0.25) is 9.71 Å². The number of halogens is 2. The molecule has 0 amide bonds. The highest BCUT2D eigenvalue weighted by Crippen LogP contribution is 2.43. The molecule has 190 valence electrons. The van der Waals surface area contributed by atoms with Crippen molar-refractivity contribution in [2.75, 3.05) is 15.9 Å². The first-order chi connectivity index (χ1) is 17.6. The number of aromatic nitrogens is 2. The Kier molecular flexibility index (Phi) is 6.89. The van der Waals surface area contributed by atoms with Crippen LogP contribution in [0.4, 0.5) is 11.4 Å². The molecule has 2 aromatic heterocycles. The average Bonchev–Trinajstić information content (AvgIpc) is 3.44. The summed E-state index contributed by atoms with van der Waals surface area (Å²) in [4.78, 5) is 6.64. The van der Waals surface area contributed by atoms with Gasteiger partial charge in [-0.15, -0.1) is 0 Å². The van der Waals surface area contributed by atoms with E-state index in [0.717, 1.165) is 34.6 Å². The maximum Gasteiger partial charge on any atom is 0.229 e. The lowest BCUT2D eigenvalue weighted by Gasteiger charge is -2.29. The summed E-state index contributed by atoms with van der Waals surface area (Å²) in [6.07, 6.45) is 4.83. The maximum atomic E-state index is 11.8. The van der Waals surface area contributed by atoms with Crippen LogP contribution in [-0.4, -0.2) is 29.3 Å². The molecule has 1 aliphatic rings. The highest BCUT2D eigenvalue weighted by Gasteiger charge is 2.42. The number of thiocarbonyl (C=S) groups is 1. The van der Waals surface area contributed by atoms with Gasteiger partial charge in [-0.25, -0.2) is 8.42 Å². The molecule has 2 atom stereocenters. The zero-order chi connectivity index (χ0) is 26.3. The van der Waals surface area contributed by atoms with Gasteiger partial charge in [0.25, 0.3) is 0 Å². The standard InChI is InChI=1S/C26H23Cl2N5O2S2/c1-16-14-18(9-10-20(16)31-37(2,34)35)33-25(24(30-26(33)36)21-6-3-4-12-29-21)23-7-5-13-32(23)22-11-8-17(27)15-19(22)28/h3-15,24-25,31H,1-2H3,(H,30,36)/t24-,25+/m1/s1. The summed E-state index contributed by atoms with van der Waals surface area (Å²) in [5.74, 6) is 0. The van der Waals surface area contributed by atoms with Crippen LogP contribution < -0.4 is 14.9 Å². The van der Waals surface area contributed by atoms with Crippen molar-refractivity contribution in [2.24, 2.45) is 0 Å².